The van der Waals surface area contributed by atoms with Gasteiger partial charge in [0, 0.05) is 12.7 Å². The molecule has 0 aliphatic carbocycles. The number of carbonyl (C=O) groups is 1. The molecule has 27 heavy (non-hydrogen) atoms. The Labute approximate surface area is 158 Å². The molecular formula is C20H24N4O3. The Bertz CT molecular complexity index is 943. The van der Waals surface area contributed by atoms with Gasteiger partial charge in [0.2, 0.25) is 0 Å². The van der Waals surface area contributed by atoms with E-state index in [0.717, 1.165) is 23.6 Å². The molecule has 1 aromatic carbocycles. The smallest absolute Gasteiger partial charge is 0.274 e. The van der Waals surface area contributed by atoms with Crippen LogP contribution in [0, 0.1) is 20.8 Å². The molecule has 0 spiro atoms. The highest BCUT2D eigenvalue weighted by Crippen LogP contribution is 2.20. The lowest BCUT2D eigenvalue weighted by molar-refractivity contribution is 0.0939. The van der Waals surface area contributed by atoms with Crippen LogP contribution in [0.4, 0.5) is 0 Å². The van der Waals surface area contributed by atoms with Gasteiger partial charge in [0.15, 0.2) is 5.69 Å². The summed E-state index contributed by atoms with van der Waals surface area (Å²) in [5.41, 5.74) is 4.03. The number of nitrogens with zero attached hydrogens (tertiary/aromatic N) is 3. The molecule has 1 amide bonds. The van der Waals surface area contributed by atoms with Crippen molar-refractivity contribution in [3.8, 4) is 5.75 Å². The predicted octanol–water partition coefficient (Wildman–Crippen LogP) is 3.33. The van der Waals surface area contributed by atoms with Gasteiger partial charge >= 0.3 is 0 Å². The molecule has 0 aliphatic rings. The molecule has 2 aromatic heterocycles. The molecule has 0 radical (unpaired) electrons. The van der Waals surface area contributed by atoms with Crippen LogP contribution in [-0.2, 0) is 19.7 Å². The van der Waals surface area contributed by atoms with E-state index in [4.69, 9.17) is 9.26 Å². The zero-order valence-electron chi connectivity index (χ0n) is 16.1. The standard InChI is InChI=1S/C20H24N4O3/c1-5-24-9-8-16(22-24)11-21-20(25)19-18(15(4)27-23-19)12-26-17-7-6-13(2)14(3)10-17/h6-10H,5,11-12H2,1-4H3,(H,21,25). The second kappa shape index (κ2) is 8.07. The minimum atomic E-state index is -0.309. The van der Waals surface area contributed by atoms with Crippen molar-refractivity contribution in [2.45, 2.75) is 47.4 Å². The number of carbonyl (C=O) groups excluding carboxylic acids is 1. The highest BCUT2D eigenvalue weighted by atomic mass is 16.5. The van der Waals surface area contributed by atoms with Crippen molar-refractivity contribution in [1.82, 2.24) is 20.3 Å². The van der Waals surface area contributed by atoms with Gasteiger partial charge in [0.1, 0.15) is 18.1 Å². The van der Waals surface area contributed by atoms with E-state index in [9.17, 15) is 4.79 Å². The molecule has 0 unspecified atom stereocenters. The van der Waals surface area contributed by atoms with Crippen molar-refractivity contribution in [3.05, 3.63) is 64.3 Å². The third-order valence-corrected chi connectivity index (χ3v) is 4.51. The van der Waals surface area contributed by atoms with E-state index in [1.807, 2.05) is 49.0 Å². The van der Waals surface area contributed by atoms with Crippen LogP contribution < -0.4 is 10.1 Å². The molecule has 0 saturated heterocycles. The fourth-order valence-corrected chi connectivity index (χ4v) is 2.63. The molecule has 1 N–H and O–H groups in total. The highest BCUT2D eigenvalue weighted by Gasteiger charge is 2.20. The predicted molar refractivity (Wildman–Crippen MR) is 101 cm³/mol. The van der Waals surface area contributed by atoms with Crippen LogP contribution in [0.25, 0.3) is 0 Å². The van der Waals surface area contributed by atoms with Gasteiger partial charge in [-0.05, 0) is 57.0 Å². The van der Waals surface area contributed by atoms with Gasteiger partial charge in [-0.1, -0.05) is 11.2 Å². The van der Waals surface area contributed by atoms with Gasteiger partial charge in [-0.25, -0.2) is 0 Å². The van der Waals surface area contributed by atoms with Crippen LogP contribution >= 0.6 is 0 Å². The van der Waals surface area contributed by atoms with E-state index in [0.29, 0.717) is 17.9 Å². The molecule has 3 rings (SSSR count). The lowest BCUT2D eigenvalue weighted by atomic mass is 10.1. The Morgan fingerprint density at radius 1 is 1.22 bits per heavy atom. The van der Waals surface area contributed by atoms with Crippen molar-refractivity contribution in [2.75, 3.05) is 0 Å². The average molecular weight is 368 g/mol. The monoisotopic (exact) mass is 368 g/mol. The van der Waals surface area contributed by atoms with Crippen molar-refractivity contribution < 1.29 is 14.1 Å². The lowest BCUT2D eigenvalue weighted by Gasteiger charge is -2.09. The topological polar surface area (TPSA) is 82.2 Å². The summed E-state index contributed by atoms with van der Waals surface area (Å²) in [7, 11) is 0. The van der Waals surface area contributed by atoms with Gasteiger partial charge in [-0.15, -0.1) is 0 Å². The molecule has 0 bridgehead atoms. The summed E-state index contributed by atoms with van der Waals surface area (Å²) < 4.78 is 12.9. The average Bonchev–Trinajstić information content (AvgIpc) is 3.27. The maximum atomic E-state index is 12.5. The molecule has 2 heterocycles. The number of rotatable bonds is 7. The zero-order chi connectivity index (χ0) is 19.4. The third-order valence-electron chi connectivity index (χ3n) is 4.51. The third kappa shape index (κ3) is 4.36. The van der Waals surface area contributed by atoms with Gasteiger partial charge in [-0.2, -0.15) is 5.10 Å². The molecule has 142 valence electrons. The maximum Gasteiger partial charge on any atom is 0.274 e. The first-order chi connectivity index (χ1) is 13.0. The zero-order valence-corrected chi connectivity index (χ0v) is 16.1. The Morgan fingerprint density at radius 3 is 2.74 bits per heavy atom. The fourth-order valence-electron chi connectivity index (χ4n) is 2.63. The number of nitrogens with one attached hydrogen (secondary N) is 1. The van der Waals surface area contributed by atoms with Crippen LogP contribution in [0.5, 0.6) is 5.75 Å². The highest BCUT2D eigenvalue weighted by molar-refractivity contribution is 5.93. The van der Waals surface area contributed by atoms with Crippen molar-refractivity contribution in [3.63, 3.8) is 0 Å². The molecule has 7 nitrogen and oxygen atoms in total. The molecular weight excluding hydrogens is 344 g/mol. The molecule has 0 fully saturated rings. The minimum Gasteiger partial charge on any atom is -0.489 e. The number of amides is 1. The molecule has 0 atom stereocenters. The van der Waals surface area contributed by atoms with Crippen LogP contribution in [0.15, 0.2) is 35.0 Å². The lowest BCUT2D eigenvalue weighted by Crippen LogP contribution is -2.25. The molecule has 0 saturated carbocycles. The second-order valence-electron chi connectivity index (χ2n) is 6.45. The summed E-state index contributed by atoms with van der Waals surface area (Å²) in [5, 5.41) is 11.1. The molecule has 3 aromatic rings. The fraction of sp³-hybridized carbons (Fsp3) is 0.350. The van der Waals surface area contributed by atoms with E-state index in [1.54, 1.807) is 6.92 Å². The normalized spacial score (nSPS) is 10.8. The van der Waals surface area contributed by atoms with Gasteiger partial charge in [-0.3, -0.25) is 9.48 Å². The largest absolute Gasteiger partial charge is 0.489 e. The van der Waals surface area contributed by atoms with E-state index in [2.05, 4.69) is 22.5 Å². The van der Waals surface area contributed by atoms with Crippen molar-refractivity contribution in [1.29, 1.82) is 0 Å². The Morgan fingerprint density at radius 2 is 2.04 bits per heavy atom. The minimum absolute atomic E-state index is 0.213. The number of aromatic nitrogens is 3. The van der Waals surface area contributed by atoms with Gasteiger partial charge in [0.05, 0.1) is 17.8 Å². The number of aryl methyl sites for hydroxylation is 4. The number of hydrogen-bond donors (Lipinski definition) is 1. The quantitative estimate of drug-likeness (QED) is 0.692. The summed E-state index contributed by atoms with van der Waals surface area (Å²) in [4.78, 5) is 12.5. The molecule has 0 aliphatic heterocycles. The number of benzene rings is 1. The first kappa shape index (κ1) is 18.7. The van der Waals surface area contributed by atoms with E-state index in [-0.39, 0.29) is 18.2 Å². The summed E-state index contributed by atoms with van der Waals surface area (Å²) in [6.07, 6.45) is 1.88. The number of hydrogen-bond acceptors (Lipinski definition) is 5. The first-order valence-electron chi connectivity index (χ1n) is 8.93. The number of ether oxygens (including phenoxy) is 1. The second-order valence-corrected chi connectivity index (χ2v) is 6.45. The van der Waals surface area contributed by atoms with Crippen LogP contribution in [0.2, 0.25) is 0 Å². The van der Waals surface area contributed by atoms with Crippen molar-refractivity contribution in [2.24, 2.45) is 0 Å². The SMILES string of the molecule is CCn1ccc(CNC(=O)c2noc(C)c2COc2ccc(C)c(C)c2)n1. The van der Waals surface area contributed by atoms with Crippen LogP contribution in [0.1, 0.15) is 45.6 Å². The summed E-state index contributed by atoms with van der Waals surface area (Å²) in [6, 6.07) is 7.77. The van der Waals surface area contributed by atoms with Crippen LogP contribution in [0.3, 0.4) is 0 Å². The van der Waals surface area contributed by atoms with Gasteiger partial charge < -0.3 is 14.6 Å². The summed E-state index contributed by atoms with van der Waals surface area (Å²) in [5.74, 6) is 1.01. The Balaban J connectivity index is 1.65. The first-order valence-corrected chi connectivity index (χ1v) is 8.93. The van der Waals surface area contributed by atoms with E-state index < -0.39 is 0 Å². The maximum absolute atomic E-state index is 12.5. The van der Waals surface area contributed by atoms with Crippen molar-refractivity contribution >= 4 is 5.91 Å². The van der Waals surface area contributed by atoms with E-state index in [1.165, 1.54) is 5.56 Å². The van der Waals surface area contributed by atoms with E-state index >= 15 is 0 Å². The van der Waals surface area contributed by atoms with Crippen LogP contribution in [-0.4, -0.2) is 20.8 Å². The Hall–Kier alpha value is -3.09. The summed E-state index contributed by atoms with van der Waals surface area (Å²) in [6.45, 7) is 9.19. The Kier molecular flexibility index (Phi) is 5.59. The van der Waals surface area contributed by atoms with Gasteiger partial charge in [0.25, 0.3) is 5.91 Å². The molecule has 7 heteroatoms. The summed E-state index contributed by atoms with van der Waals surface area (Å²) >= 11 is 0.